The van der Waals surface area contributed by atoms with Crippen LogP contribution in [-0.2, 0) is 4.79 Å². The van der Waals surface area contributed by atoms with Crippen LogP contribution in [0.4, 0.5) is 5.69 Å². The Hall–Kier alpha value is -3.74. The summed E-state index contributed by atoms with van der Waals surface area (Å²) >= 11 is 0. The largest absolute Gasteiger partial charge is 0.439 e. The summed E-state index contributed by atoms with van der Waals surface area (Å²) in [5.74, 6) is 0.961. The molecule has 0 aliphatic carbocycles. The molecule has 2 aromatic heterocycles. The number of hydrogen-bond donors (Lipinski definition) is 1. The van der Waals surface area contributed by atoms with Gasteiger partial charge in [-0.25, -0.2) is 4.98 Å². The molecule has 0 saturated carbocycles. The van der Waals surface area contributed by atoms with Crippen molar-refractivity contribution in [2.24, 2.45) is 5.92 Å². The van der Waals surface area contributed by atoms with Crippen LogP contribution in [0.1, 0.15) is 23.2 Å². The van der Waals surface area contributed by atoms with Crippen LogP contribution in [-0.4, -0.2) is 39.8 Å². The van der Waals surface area contributed by atoms with E-state index in [0.717, 1.165) is 0 Å². The summed E-state index contributed by atoms with van der Waals surface area (Å²) in [7, 11) is 0. The van der Waals surface area contributed by atoms with Gasteiger partial charge in [0.1, 0.15) is 5.75 Å². The summed E-state index contributed by atoms with van der Waals surface area (Å²) in [5.41, 5.74) is 1.24. The van der Waals surface area contributed by atoms with E-state index in [0.29, 0.717) is 48.8 Å². The molecule has 3 heterocycles. The van der Waals surface area contributed by atoms with Gasteiger partial charge in [0, 0.05) is 43.0 Å². The average molecular weight is 402 g/mol. The highest BCUT2D eigenvalue weighted by atomic mass is 16.5. The van der Waals surface area contributed by atoms with Crippen molar-refractivity contribution in [3.8, 4) is 11.6 Å². The van der Waals surface area contributed by atoms with E-state index in [1.807, 2.05) is 30.3 Å². The van der Waals surface area contributed by atoms with Crippen molar-refractivity contribution >= 4 is 17.5 Å². The van der Waals surface area contributed by atoms with E-state index in [4.69, 9.17) is 4.74 Å². The van der Waals surface area contributed by atoms with E-state index in [1.54, 1.807) is 47.8 Å². The summed E-state index contributed by atoms with van der Waals surface area (Å²) in [6, 6.07) is 16.3. The molecule has 0 spiro atoms. The maximum Gasteiger partial charge on any atom is 0.253 e. The lowest BCUT2D eigenvalue weighted by molar-refractivity contribution is -0.121. The molecular formula is C23H22N4O3. The minimum Gasteiger partial charge on any atom is -0.439 e. The number of aromatic nitrogens is 2. The second-order valence-corrected chi connectivity index (χ2v) is 7.09. The van der Waals surface area contributed by atoms with Gasteiger partial charge in [-0.05, 0) is 43.2 Å². The second-order valence-electron chi connectivity index (χ2n) is 7.09. The van der Waals surface area contributed by atoms with E-state index < -0.39 is 0 Å². The summed E-state index contributed by atoms with van der Waals surface area (Å²) in [6.45, 7) is 1.11. The molecule has 7 nitrogen and oxygen atoms in total. The van der Waals surface area contributed by atoms with E-state index in [1.165, 1.54) is 0 Å². The number of para-hydroxylation sites is 1. The topological polar surface area (TPSA) is 84.4 Å². The van der Waals surface area contributed by atoms with Gasteiger partial charge in [0.15, 0.2) is 0 Å². The monoisotopic (exact) mass is 402 g/mol. The molecule has 1 N–H and O–H groups in total. The lowest BCUT2D eigenvalue weighted by Crippen LogP contribution is -2.41. The maximum absolute atomic E-state index is 12.6. The fraction of sp³-hybridized carbons (Fsp3) is 0.217. The summed E-state index contributed by atoms with van der Waals surface area (Å²) < 4.78 is 5.66. The third-order valence-corrected chi connectivity index (χ3v) is 5.05. The zero-order chi connectivity index (χ0) is 20.8. The number of amides is 2. The number of anilines is 1. The maximum atomic E-state index is 12.6. The minimum absolute atomic E-state index is 0.0190. The molecule has 30 heavy (non-hydrogen) atoms. The Labute approximate surface area is 174 Å². The van der Waals surface area contributed by atoms with Crippen molar-refractivity contribution in [3.05, 3.63) is 78.8 Å². The van der Waals surface area contributed by atoms with Crippen LogP contribution in [0, 0.1) is 5.92 Å². The number of ether oxygens (including phenoxy) is 1. The molecule has 0 unspecified atom stereocenters. The molecule has 1 fully saturated rings. The molecule has 2 amide bonds. The predicted molar refractivity (Wildman–Crippen MR) is 112 cm³/mol. The highest BCUT2D eigenvalue weighted by Gasteiger charge is 2.27. The van der Waals surface area contributed by atoms with E-state index in [9.17, 15) is 9.59 Å². The molecule has 1 aromatic carbocycles. The zero-order valence-electron chi connectivity index (χ0n) is 16.4. The predicted octanol–water partition coefficient (Wildman–Crippen LogP) is 3.76. The Morgan fingerprint density at radius 3 is 2.37 bits per heavy atom. The fourth-order valence-corrected chi connectivity index (χ4v) is 3.39. The average Bonchev–Trinajstić information content (AvgIpc) is 2.81. The highest BCUT2D eigenvalue weighted by Crippen LogP contribution is 2.23. The van der Waals surface area contributed by atoms with Gasteiger partial charge in [0.2, 0.25) is 11.8 Å². The molecule has 0 atom stereocenters. The van der Waals surface area contributed by atoms with E-state index >= 15 is 0 Å². The normalized spacial score (nSPS) is 14.2. The molecule has 3 aromatic rings. The number of rotatable bonds is 5. The van der Waals surface area contributed by atoms with Crippen molar-refractivity contribution < 1.29 is 14.3 Å². The number of carbonyl (C=O) groups excluding carboxylic acids is 2. The van der Waals surface area contributed by atoms with Gasteiger partial charge >= 0.3 is 0 Å². The van der Waals surface area contributed by atoms with Crippen molar-refractivity contribution in [2.75, 3.05) is 18.4 Å². The first-order chi connectivity index (χ1) is 14.7. The Balaban J connectivity index is 1.28. The van der Waals surface area contributed by atoms with Crippen LogP contribution in [0.25, 0.3) is 0 Å². The number of hydrogen-bond acceptors (Lipinski definition) is 5. The number of piperidine rings is 1. The second kappa shape index (κ2) is 9.17. The van der Waals surface area contributed by atoms with Crippen LogP contribution < -0.4 is 10.1 Å². The van der Waals surface area contributed by atoms with Crippen molar-refractivity contribution in [1.82, 2.24) is 14.9 Å². The highest BCUT2D eigenvalue weighted by molar-refractivity contribution is 5.95. The molecule has 0 radical (unpaired) electrons. The molecule has 4 rings (SSSR count). The SMILES string of the molecule is O=C(Nc1ccc(Oc2ccccc2)nc1)C1CCN(C(=O)c2ccncc2)CC1. The van der Waals surface area contributed by atoms with E-state index in [-0.39, 0.29) is 17.7 Å². The molecule has 7 heteroatoms. The van der Waals surface area contributed by atoms with Crippen LogP contribution in [0.3, 0.4) is 0 Å². The lowest BCUT2D eigenvalue weighted by atomic mass is 9.95. The number of likely N-dealkylation sites (tertiary alicyclic amines) is 1. The third kappa shape index (κ3) is 4.81. The number of benzene rings is 1. The molecular weight excluding hydrogens is 380 g/mol. The van der Waals surface area contributed by atoms with Gasteiger partial charge in [-0.2, -0.15) is 0 Å². The standard InChI is InChI=1S/C23H22N4O3/c28-22(17-10-14-27(15-11-17)23(29)18-8-12-24-13-9-18)26-19-6-7-21(25-16-19)30-20-4-2-1-3-5-20/h1-9,12-13,16-17H,10-11,14-15H2,(H,26,28). The van der Waals surface area contributed by atoms with Crippen LogP contribution >= 0.6 is 0 Å². The van der Waals surface area contributed by atoms with Gasteiger partial charge in [0.05, 0.1) is 11.9 Å². The quantitative estimate of drug-likeness (QED) is 0.702. The Bertz CT molecular complexity index is 986. The Morgan fingerprint density at radius 1 is 0.967 bits per heavy atom. The number of nitrogens with zero attached hydrogens (tertiary/aromatic N) is 3. The first-order valence-corrected chi connectivity index (χ1v) is 9.88. The van der Waals surface area contributed by atoms with Crippen molar-refractivity contribution in [1.29, 1.82) is 0 Å². The van der Waals surface area contributed by atoms with Crippen molar-refractivity contribution in [3.63, 3.8) is 0 Å². The number of pyridine rings is 2. The van der Waals surface area contributed by atoms with Gasteiger partial charge < -0.3 is 15.0 Å². The van der Waals surface area contributed by atoms with Gasteiger partial charge in [-0.3, -0.25) is 14.6 Å². The molecule has 1 saturated heterocycles. The fourth-order valence-electron chi connectivity index (χ4n) is 3.39. The third-order valence-electron chi connectivity index (χ3n) is 5.05. The molecule has 0 bridgehead atoms. The number of nitrogens with one attached hydrogen (secondary N) is 1. The van der Waals surface area contributed by atoms with Crippen LogP contribution in [0.2, 0.25) is 0 Å². The first kappa shape index (κ1) is 19.6. The van der Waals surface area contributed by atoms with Crippen LogP contribution in [0.5, 0.6) is 11.6 Å². The van der Waals surface area contributed by atoms with Gasteiger partial charge in [-0.15, -0.1) is 0 Å². The number of carbonyl (C=O) groups is 2. The molecule has 152 valence electrons. The summed E-state index contributed by atoms with van der Waals surface area (Å²) in [5, 5.41) is 2.91. The minimum atomic E-state index is -0.133. The first-order valence-electron chi connectivity index (χ1n) is 9.88. The van der Waals surface area contributed by atoms with Gasteiger partial charge in [0.25, 0.3) is 5.91 Å². The smallest absolute Gasteiger partial charge is 0.253 e. The summed E-state index contributed by atoms with van der Waals surface area (Å²) in [4.78, 5) is 35.1. The Kier molecular flexibility index (Phi) is 5.98. The summed E-state index contributed by atoms with van der Waals surface area (Å²) in [6.07, 6.45) is 6.06. The lowest BCUT2D eigenvalue weighted by Gasteiger charge is -2.31. The molecule has 1 aliphatic rings. The molecule has 1 aliphatic heterocycles. The van der Waals surface area contributed by atoms with Crippen LogP contribution in [0.15, 0.2) is 73.2 Å². The zero-order valence-corrected chi connectivity index (χ0v) is 16.4. The van der Waals surface area contributed by atoms with E-state index in [2.05, 4.69) is 15.3 Å². The Morgan fingerprint density at radius 2 is 1.70 bits per heavy atom. The van der Waals surface area contributed by atoms with Gasteiger partial charge in [-0.1, -0.05) is 18.2 Å². The van der Waals surface area contributed by atoms with Crippen molar-refractivity contribution in [2.45, 2.75) is 12.8 Å².